The predicted molar refractivity (Wildman–Crippen MR) is 109 cm³/mol. The SMILES string of the molecule is COc1ccc(NC(=O)C=C2SC(=O)N(CC(=O)Nc3ccccc3)C2=O)cc1. The Labute approximate surface area is 170 Å². The van der Waals surface area contributed by atoms with E-state index < -0.39 is 29.5 Å². The third-order valence-corrected chi connectivity index (χ3v) is 4.76. The van der Waals surface area contributed by atoms with Gasteiger partial charge in [0.2, 0.25) is 11.8 Å². The first-order valence-corrected chi connectivity index (χ1v) is 9.33. The summed E-state index contributed by atoms with van der Waals surface area (Å²) < 4.78 is 5.04. The molecule has 148 valence electrons. The molecule has 1 heterocycles. The molecule has 9 heteroatoms. The summed E-state index contributed by atoms with van der Waals surface area (Å²) in [6.45, 7) is -0.434. The zero-order chi connectivity index (χ0) is 20.8. The van der Waals surface area contributed by atoms with E-state index in [9.17, 15) is 19.2 Å². The van der Waals surface area contributed by atoms with Gasteiger partial charge in [0.15, 0.2) is 0 Å². The Morgan fingerprint density at radius 1 is 1.00 bits per heavy atom. The van der Waals surface area contributed by atoms with Crippen LogP contribution in [0.15, 0.2) is 65.6 Å². The van der Waals surface area contributed by atoms with Crippen LogP contribution in [0, 0.1) is 0 Å². The molecule has 2 aromatic carbocycles. The lowest BCUT2D eigenvalue weighted by molar-refractivity contribution is -0.127. The maximum absolute atomic E-state index is 12.4. The Morgan fingerprint density at radius 2 is 1.66 bits per heavy atom. The van der Waals surface area contributed by atoms with Crippen LogP contribution in [0.25, 0.3) is 0 Å². The van der Waals surface area contributed by atoms with Crippen LogP contribution < -0.4 is 15.4 Å². The van der Waals surface area contributed by atoms with Crippen LogP contribution in [-0.2, 0) is 14.4 Å². The van der Waals surface area contributed by atoms with E-state index in [1.807, 2.05) is 0 Å². The average molecular weight is 411 g/mol. The molecule has 2 aromatic rings. The highest BCUT2D eigenvalue weighted by molar-refractivity contribution is 8.18. The number of rotatable bonds is 6. The molecule has 0 aromatic heterocycles. The molecule has 29 heavy (non-hydrogen) atoms. The van der Waals surface area contributed by atoms with E-state index in [-0.39, 0.29) is 4.91 Å². The summed E-state index contributed by atoms with van der Waals surface area (Å²) in [5, 5.41) is 4.59. The van der Waals surface area contributed by atoms with Gasteiger partial charge in [-0.15, -0.1) is 0 Å². The van der Waals surface area contributed by atoms with E-state index in [1.54, 1.807) is 54.6 Å². The molecule has 0 atom stereocenters. The second-order valence-corrected chi connectivity index (χ2v) is 6.89. The number of carbonyl (C=O) groups excluding carboxylic acids is 4. The topological polar surface area (TPSA) is 105 Å². The highest BCUT2D eigenvalue weighted by Crippen LogP contribution is 2.30. The molecule has 1 fully saturated rings. The molecule has 3 rings (SSSR count). The average Bonchev–Trinajstić information content (AvgIpc) is 2.96. The number of carbonyl (C=O) groups is 4. The first kappa shape index (κ1) is 20.2. The van der Waals surface area contributed by atoms with Crippen molar-refractivity contribution in [3.05, 3.63) is 65.6 Å². The number of hydrogen-bond acceptors (Lipinski definition) is 6. The van der Waals surface area contributed by atoms with Crippen molar-refractivity contribution < 1.29 is 23.9 Å². The highest BCUT2D eigenvalue weighted by Gasteiger charge is 2.36. The Morgan fingerprint density at radius 3 is 2.31 bits per heavy atom. The van der Waals surface area contributed by atoms with Gasteiger partial charge in [0.05, 0.1) is 12.0 Å². The number of para-hydroxylation sites is 1. The number of imide groups is 1. The molecule has 0 aliphatic carbocycles. The molecule has 0 spiro atoms. The van der Waals surface area contributed by atoms with Crippen molar-refractivity contribution in [1.82, 2.24) is 4.90 Å². The summed E-state index contributed by atoms with van der Waals surface area (Å²) in [5.41, 5.74) is 1.06. The Bertz CT molecular complexity index is 973. The summed E-state index contributed by atoms with van der Waals surface area (Å²) in [7, 11) is 1.53. The maximum atomic E-state index is 12.4. The molecule has 0 unspecified atom stereocenters. The van der Waals surface area contributed by atoms with Gasteiger partial charge in [-0.3, -0.25) is 24.1 Å². The van der Waals surface area contributed by atoms with Crippen molar-refractivity contribution in [2.24, 2.45) is 0 Å². The Hall–Kier alpha value is -3.59. The van der Waals surface area contributed by atoms with Crippen molar-refractivity contribution in [2.45, 2.75) is 0 Å². The van der Waals surface area contributed by atoms with Crippen LogP contribution in [-0.4, -0.2) is 41.5 Å². The number of methoxy groups -OCH3 is 1. The fraction of sp³-hybridized carbons (Fsp3) is 0.100. The number of nitrogens with zero attached hydrogens (tertiary/aromatic N) is 1. The van der Waals surface area contributed by atoms with Crippen LogP contribution in [0.1, 0.15) is 0 Å². The van der Waals surface area contributed by atoms with Crippen LogP contribution in [0.4, 0.5) is 16.2 Å². The smallest absolute Gasteiger partial charge is 0.294 e. The molecule has 0 saturated carbocycles. The number of nitrogens with one attached hydrogen (secondary N) is 2. The van der Waals surface area contributed by atoms with Gasteiger partial charge in [-0.05, 0) is 48.2 Å². The van der Waals surface area contributed by atoms with E-state index in [4.69, 9.17) is 4.74 Å². The zero-order valence-corrected chi connectivity index (χ0v) is 16.2. The van der Waals surface area contributed by atoms with Gasteiger partial charge < -0.3 is 15.4 Å². The number of ether oxygens (including phenoxy) is 1. The second-order valence-electron chi connectivity index (χ2n) is 5.90. The molecule has 2 N–H and O–H groups in total. The van der Waals surface area contributed by atoms with Crippen molar-refractivity contribution in [1.29, 1.82) is 0 Å². The summed E-state index contributed by atoms with van der Waals surface area (Å²) in [6, 6.07) is 15.3. The lowest BCUT2D eigenvalue weighted by atomic mass is 10.3. The first-order valence-electron chi connectivity index (χ1n) is 8.51. The minimum absolute atomic E-state index is 0.0477. The van der Waals surface area contributed by atoms with Crippen molar-refractivity contribution in [2.75, 3.05) is 24.3 Å². The van der Waals surface area contributed by atoms with E-state index in [0.29, 0.717) is 28.9 Å². The summed E-state index contributed by atoms with van der Waals surface area (Å²) in [5.74, 6) is -1.12. The quantitative estimate of drug-likeness (QED) is 0.709. The van der Waals surface area contributed by atoms with Gasteiger partial charge in [-0.25, -0.2) is 0 Å². The molecule has 1 aliphatic heterocycles. The van der Waals surface area contributed by atoms with Crippen LogP contribution >= 0.6 is 11.8 Å². The normalized spacial score (nSPS) is 14.8. The Balaban J connectivity index is 1.61. The van der Waals surface area contributed by atoms with E-state index >= 15 is 0 Å². The third-order valence-electron chi connectivity index (χ3n) is 3.85. The standard InChI is InChI=1S/C20H17N3O5S/c1-28-15-9-7-14(8-10-15)21-17(24)11-16-19(26)23(20(27)29-16)12-18(25)22-13-5-3-2-4-6-13/h2-11H,12H2,1H3,(H,21,24)(H,22,25). The van der Waals surface area contributed by atoms with Crippen molar-refractivity contribution in [3.63, 3.8) is 0 Å². The van der Waals surface area contributed by atoms with Crippen LogP contribution in [0.5, 0.6) is 5.75 Å². The monoisotopic (exact) mass is 411 g/mol. The van der Waals surface area contributed by atoms with Gasteiger partial charge in [-0.1, -0.05) is 18.2 Å². The maximum Gasteiger partial charge on any atom is 0.294 e. The van der Waals surface area contributed by atoms with Gasteiger partial charge in [0, 0.05) is 17.5 Å². The van der Waals surface area contributed by atoms with E-state index in [0.717, 1.165) is 11.0 Å². The molecule has 1 saturated heterocycles. The lowest BCUT2D eigenvalue weighted by Crippen LogP contribution is -2.36. The predicted octanol–water partition coefficient (Wildman–Crippen LogP) is 2.85. The highest BCUT2D eigenvalue weighted by atomic mass is 32.2. The number of thioether (sulfide) groups is 1. The van der Waals surface area contributed by atoms with Gasteiger partial charge in [0.1, 0.15) is 12.3 Å². The van der Waals surface area contributed by atoms with Crippen molar-refractivity contribution in [3.8, 4) is 5.75 Å². The lowest BCUT2D eigenvalue weighted by Gasteiger charge is -2.12. The zero-order valence-electron chi connectivity index (χ0n) is 15.4. The summed E-state index contributed by atoms with van der Waals surface area (Å²) in [4.78, 5) is 49.5. The molecule has 8 nitrogen and oxygen atoms in total. The second kappa shape index (κ2) is 9.07. The number of amides is 4. The third kappa shape index (κ3) is 5.23. The molecule has 4 amide bonds. The van der Waals surface area contributed by atoms with Crippen LogP contribution in [0.3, 0.4) is 0 Å². The van der Waals surface area contributed by atoms with Gasteiger partial charge in [-0.2, -0.15) is 0 Å². The van der Waals surface area contributed by atoms with Crippen molar-refractivity contribution >= 4 is 46.1 Å². The van der Waals surface area contributed by atoms with E-state index in [1.165, 1.54) is 7.11 Å². The molecular formula is C20H17N3O5S. The fourth-order valence-corrected chi connectivity index (χ4v) is 3.28. The summed E-state index contributed by atoms with van der Waals surface area (Å²) in [6.07, 6.45) is 1.05. The minimum atomic E-state index is -0.687. The molecule has 0 bridgehead atoms. The number of anilines is 2. The largest absolute Gasteiger partial charge is 0.497 e. The molecular weight excluding hydrogens is 394 g/mol. The summed E-state index contributed by atoms with van der Waals surface area (Å²) >= 11 is 0.613. The van der Waals surface area contributed by atoms with Gasteiger partial charge in [0.25, 0.3) is 11.1 Å². The minimum Gasteiger partial charge on any atom is -0.497 e. The molecule has 1 aliphatic rings. The Kier molecular flexibility index (Phi) is 6.30. The van der Waals surface area contributed by atoms with E-state index in [2.05, 4.69) is 10.6 Å². The van der Waals surface area contributed by atoms with Crippen LogP contribution in [0.2, 0.25) is 0 Å². The van der Waals surface area contributed by atoms with Gasteiger partial charge >= 0.3 is 0 Å². The number of benzene rings is 2. The first-order chi connectivity index (χ1) is 14.0. The molecule has 0 radical (unpaired) electrons. The fourth-order valence-electron chi connectivity index (χ4n) is 2.47. The number of hydrogen-bond donors (Lipinski definition) is 2.